The zero-order valence-electron chi connectivity index (χ0n) is 11.2. The topological polar surface area (TPSA) is 70.5 Å². The molecule has 0 aliphatic carbocycles. The van der Waals surface area contributed by atoms with Crippen molar-refractivity contribution in [3.8, 4) is 0 Å². The second-order valence-corrected chi connectivity index (χ2v) is 4.42. The van der Waals surface area contributed by atoms with E-state index in [1.54, 1.807) is 6.07 Å². The zero-order valence-corrected chi connectivity index (χ0v) is 11.2. The number of carboxylic acid groups (broad SMARTS) is 1. The van der Waals surface area contributed by atoms with E-state index >= 15 is 0 Å². The van der Waals surface area contributed by atoms with E-state index in [0.717, 1.165) is 10.9 Å². The molecule has 0 unspecified atom stereocenters. The summed E-state index contributed by atoms with van der Waals surface area (Å²) in [6, 6.07) is 11.1. The van der Waals surface area contributed by atoms with Gasteiger partial charge in [0.2, 0.25) is 0 Å². The van der Waals surface area contributed by atoms with Crippen LogP contribution in [0.1, 0.15) is 23.8 Å². The van der Waals surface area contributed by atoms with Crippen molar-refractivity contribution in [2.75, 3.05) is 13.1 Å². The second kappa shape index (κ2) is 6.14. The maximum absolute atomic E-state index is 12.3. The number of fused-ring (bicyclic) bond motifs is 1. The summed E-state index contributed by atoms with van der Waals surface area (Å²) in [4.78, 5) is 28.7. The number of para-hydroxylation sites is 1. The molecule has 0 fully saturated rings. The summed E-state index contributed by atoms with van der Waals surface area (Å²) in [5, 5.41) is 9.67. The standard InChI is InChI=1S/C15H16N2O3/c1-2-17(10-9-14(18)19)15(20)13-8-7-11-5-3-4-6-12(11)16-13/h3-8H,2,9-10H2,1H3,(H,18,19). The van der Waals surface area contributed by atoms with Crippen LogP contribution in [0.25, 0.3) is 10.9 Å². The van der Waals surface area contributed by atoms with Crippen LogP contribution < -0.4 is 0 Å². The van der Waals surface area contributed by atoms with E-state index in [1.807, 2.05) is 37.3 Å². The van der Waals surface area contributed by atoms with Crippen molar-refractivity contribution in [3.63, 3.8) is 0 Å². The van der Waals surface area contributed by atoms with Crippen LogP contribution >= 0.6 is 0 Å². The number of rotatable bonds is 5. The molecule has 0 saturated carbocycles. The quantitative estimate of drug-likeness (QED) is 0.905. The van der Waals surface area contributed by atoms with E-state index in [4.69, 9.17) is 5.11 Å². The lowest BCUT2D eigenvalue weighted by Gasteiger charge is -2.19. The highest BCUT2D eigenvalue weighted by Gasteiger charge is 2.16. The molecule has 0 bridgehead atoms. The fourth-order valence-electron chi connectivity index (χ4n) is 1.98. The predicted molar refractivity (Wildman–Crippen MR) is 75.6 cm³/mol. The summed E-state index contributed by atoms with van der Waals surface area (Å²) < 4.78 is 0. The first-order valence-electron chi connectivity index (χ1n) is 6.48. The summed E-state index contributed by atoms with van der Waals surface area (Å²) in [5.41, 5.74) is 1.10. The van der Waals surface area contributed by atoms with Gasteiger partial charge in [0.1, 0.15) is 5.69 Å². The predicted octanol–water partition coefficient (Wildman–Crippen LogP) is 2.17. The number of hydrogen-bond donors (Lipinski definition) is 1. The molecule has 5 heteroatoms. The van der Waals surface area contributed by atoms with Gasteiger partial charge in [-0.3, -0.25) is 9.59 Å². The van der Waals surface area contributed by atoms with Gasteiger partial charge in [0.15, 0.2) is 0 Å². The van der Waals surface area contributed by atoms with Gasteiger partial charge in [-0.25, -0.2) is 4.98 Å². The molecule has 0 aliphatic heterocycles. The Balaban J connectivity index is 2.22. The Labute approximate surface area is 116 Å². The van der Waals surface area contributed by atoms with Crippen molar-refractivity contribution in [1.82, 2.24) is 9.88 Å². The Morgan fingerprint density at radius 1 is 1.20 bits per heavy atom. The van der Waals surface area contributed by atoms with Crippen molar-refractivity contribution in [2.24, 2.45) is 0 Å². The number of benzene rings is 1. The van der Waals surface area contributed by atoms with Crippen LogP contribution in [0.3, 0.4) is 0 Å². The molecule has 1 aromatic carbocycles. The third-order valence-electron chi connectivity index (χ3n) is 3.08. The third-order valence-corrected chi connectivity index (χ3v) is 3.08. The van der Waals surface area contributed by atoms with Gasteiger partial charge < -0.3 is 10.0 Å². The molecule has 20 heavy (non-hydrogen) atoms. The first-order chi connectivity index (χ1) is 9.61. The van der Waals surface area contributed by atoms with Gasteiger partial charge in [-0.05, 0) is 19.1 Å². The maximum Gasteiger partial charge on any atom is 0.305 e. The van der Waals surface area contributed by atoms with E-state index in [9.17, 15) is 9.59 Å². The molecule has 0 atom stereocenters. The first-order valence-corrected chi connectivity index (χ1v) is 6.48. The van der Waals surface area contributed by atoms with Crippen LogP contribution in [0.2, 0.25) is 0 Å². The largest absolute Gasteiger partial charge is 0.481 e. The first kappa shape index (κ1) is 14.0. The minimum Gasteiger partial charge on any atom is -0.481 e. The maximum atomic E-state index is 12.3. The summed E-state index contributed by atoms with van der Waals surface area (Å²) in [6.45, 7) is 2.47. The van der Waals surface area contributed by atoms with E-state index < -0.39 is 5.97 Å². The van der Waals surface area contributed by atoms with Crippen molar-refractivity contribution < 1.29 is 14.7 Å². The number of nitrogens with zero attached hydrogens (tertiary/aromatic N) is 2. The fraction of sp³-hybridized carbons (Fsp3) is 0.267. The van der Waals surface area contributed by atoms with E-state index in [1.165, 1.54) is 4.90 Å². The van der Waals surface area contributed by atoms with Gasteiger partial charge in [-0.2, -0.15) is 0 Å². The van der Waals surface area contributed by atoms with Crippen molar-refractivity contribution >= 4 is 22.8 Å². The number of carboxylic acids is 1. The molecular formula is C15H16N2O3. The van der Waals surface area contributed by atoms with Gasteiger partial charge in [0, 0.05) is 18.5 Å². The van der Waals surface area contributed by atoms with Crippen LogP contribution in [-0.2, 0) is 4.79 Å². The van der Waals surface area contributed by atoms with Gasteiger partial charge >= 0.3 is 5.97 Å². The SMILES string of the molecule is CCN(CCC(=O)O)C(=O)c1ccc2ccccc2n1. The molecule has 104 valence electrons. The fourth-order valence-corrected chi connectivity index (χ4v) is 1.98. The third kappa shape index (κ3) is 3.12. The number of amides is 1. The lowest BCUT2D eigenvalue weighted by atomic mass is 10.2. The van der Waals surface area contributed by atoms with Crippen molar-refractivity contribution in [2.45, 2.75) is 13.3 Å². The molecule has 0 radical (unpaired) electrons. The number of aliphatic carboxylic acids is 1. The monoisotopic (exact) mass is 272 g/mol. The summed E-state index contributed by atoms with van der Waals surface area (Å²) in [6.07, 6.45) is -0.0623. The van der Waals surface area contributed by atoms with Crippen molar-refractivity contribution in [1.29, 1.82) is 0 Å². The highest BCUT2D eigenvalue weighted by Crippen LogP contribution is 2.13. The van der Waals surface area contributed by atoms with Gasteiger partial charge in [0.25, 0.3) is 5.91 Å². The molecule has 0 spiro atoms. The molecule has 5 nitrogen and oxygen atoms in total. The normalized spacial score (nSPS) is 10.4. The Hall–Kier alpha value is -2.43. The minimum atomic E-state index is -0.914. The average molecular weight is 272 g/mol. The molecule has 1 N–H and O–H groups in total. The summed E-state index contributed by atoms with van der Waals surface area (Å²) in [5.74, 6) is -1.15. The Kier molecular flexibility index (Phi) is 4.30. The molecule has 2 aromatic rings. The highest BCUT2D eigenvalue weighted by atomic mass is 16.4. The van der Waals surface area contributed by atoms with Gasteiger partial charge in [-0.1, -0.05) is 24.3 Å². The molecule has 1 amide bonds. The average Bonchev–Trinajstić information content (AvgIpc) is 2.47. The number of hydrogen-bond acceptors (Lipinski definition) is 3. The lowest BCUT2D eigenvalue weighted by Crippen LogP contribution is -2.33. The lowest BCUT2D eigenvalue weighted by molar-refractivity contribution is -0.137. The molecule has 1 heterocycles. The minimum absolute atomic E-state index is 0.0623. The van der Waals surface area contributed by atoms with E-state index in [0.29, 0.717) is 12.2 Å². The van der Waals surface area contributed by atoms with Gasteiger partial charge in [-0.15, -0.1) is 0 Å². The Bertz CT molecular complexity index is 640. The van der Waals surface area contributed by atoms with Crippen LogP contribution in [-0.4, -0.2) is 40.0 Å². The van der Waals surface area contributed by atoms with Crippen molar-refractivity contribution in [3.05, 3.63) is 42.1 Å². The number of aromatic nitrogens is 1. The van der Waals surface area contributed by atoms with Gasteiger partial charge in [0.05, 0.1) is 11.9 Å². The zero-order chi connectivity index (χ0) is 14.5. The van der Waals surface area contributed by atoms with Crippen LogP contribution in [0, 0.1) is 0 Å². The van der Waals surface area contributed by atoms with Crippen LogP contribution in [0.15, 0.2) is 36.4 Å². The molecule has 2 rings (SSSR count). The second-order valence-electron chi connectivity index (χ2n) is 4.42. The van der Waals surface area contributed by atoms with Crippen LogP contribution in [0.4, 0.5) is 0 Å². The molecular weight excluding hydrogens is 256 g/mol. The molecule has 0 saturated heterocycles. The number of carbonyl (C=O) groups excluding carboxylic acids is 1. The van der Waals surface area contributed by atoms with E-state index in [2.05, 4.69) is 4.98 Å². The number of carbonyl (C=O) groups is 2. The van der Waals surface area contributed by atoms with E-state index in [-0.39, 0.29) is 18.9 Å². The smallest absolute Gasteiger partial charge is 0.305 e. The Morgan fingerprint density at radius 3 is 2.65 bits per heavy atom. The highest BCUT2D eigenvalue weighted by molar-refractivity contribution is 5.95. The Morgan fingerprint density at radius 2 is 1.95 bits per heavy atom. The van der Waals surface area contributed by atoms with Crippen LogP contribution in [0.5, 0.6) is 0 Å². The summed E-state index contributed by atoms with van der Waals surface area (Å²) >= 11 is 0. The number of pyridine rings is 1. The summed E-state index contributed by atoms with van der Waals surface area (Å²) in [7, 11) is 0. The molecule has 0 aliphatic rings. The molecule has 1 aromatic heterocycles.